The van der Waals surface area contributed by atoms with Crippen LogP contribution in [-0.2, 0) is 0 Å². The number of hydrogen-bond donors (Lipinski definition) is 1. The molecule has 19 heavy (non-hydrogen) atoms. The zero-order chi connectivity index (χ0) is 13.7. The third-order valence-electron chi connectivity index (χ3n) is 3.53. The molecule has 1 aliphatic rings. The van der Waals surface area contributed by atoms with Crippen molar-refractivity contribution in [2.24, 2.45) is 0 Å². The van der Waals surface area contributed by atoms with Crippen molar-refractivity contribution in [3.63, 3.8) is 0 Å². The molecule has 0 saturated carbocycles. The molecule has 1 amide bonds. The number of benzene rings is 1. The van der Waals surface area contributed by atoms with Gasteiger partial charge < -0.3 is 15.0 Å². The third-order valence-corrected chi connectivity index (χ3v) is 3.53. The number of carbonyl (C=O) groups excluding carboxylic acids is 1. The topological polar surface area (TPSA) is 41.6 Å². The summed E-state index contributed by atoms with van der Waals surface area (Å²) in [6.45, 7) is 4.11. The van der Waals surface area contributed by atoms with E-state index in [0.717, 1.165) is 25.9 Å². The molecule has 1 heterocycles. The van der Waals surface area contributed by atoms with Crippen LogP contribution >= 0.6 is 0 Å². The van der Waals surface area contributed by atoms with Gasteiger partial charge in [0.1, 0.15) is 5.75 Å². The standard InChI is InChI=1S/C15H22N2O2/c1-3-19-14-9-5-4-8-13(14)15(18)17-10-6-7-12(11-17)16-2/h4-5,8-9,12,16H,3,6-7,10-11H2,1-2H3/t12-/m1/s1. The minimum Gasteiger partial charge on any atom is -0.493 e. The molecule has 0 aromatic heterocycles. The number of nitrogens with zero attached hydrogens (tertiary/aromatic N) is 1. The highest BCUT2D eigenvalue weighted by atomic mass is 16.5. The number of likely N-dealkylation sites (N-methyl/N-ethyl adjacent to an activating group) is 1. The first-order chi connectivity index (χ1) is 9.26. The van der Waals surface area contributed by atoms with E-state index in [1.807, 2.05) is 43.1 Å². The average Bonchev–Trinajstić information content (AvgIpc) is 2.47. The lowest BCUT2D eigenvalue weighted by Gasteiger charge is -2.32. The highest BCUT2D eigenvalue weighted by Crippen LogP contribution is 2.21. The molecule has 4 heteroatoms. The van der Waals surface area contributed by atoms with E-state index < -0.39 is 0 Å². The summed E-state index contributed by atoms with van der Waals surface area (Å²) in [5.74, 6) is 0.755. The molecule has 1 N–H and O–H groups in total. The van der Waals surface area contributed by atoms with Gasteiger partial charge in [-0.1, -0.05) is 12.1 Å². The molecular formula is C15H22N2O2. The number of likely N-dealkylation sites (tertiary alicyclic amines) is 1. The Hall–Kier alpha value is -1.55. The first kappa shape index (κ1) is 13.9. The quantitative estimate of drug-likeness (QED) is 0.901. The molecule has 0 aliphatic carbocycles. The average molecular weight is 262 g/mol. The van der Waals surface area contributed by atoms with Gasteiger partial charge in [0, 0.05) is 19.1 Å². The van der Waals surface area contributed by atoms with E-state index in [-0.39, 0.29) is 5.91 Å². The van der Waals surface area contributed by atoms with Gasteiger partial charge in [0.25, 0.3) is 5.91 Å². The van der Waals surface area contributed by atoms with E-state index in [0.29, 0.717) is 24.0 Å². The summed E-state index contributed by atoms with van der Waals surface area (Å²) in [5.41, 5.74) is 0.668. The van der Waals surface area contributed by atoms with Crippen molar-refractivity contribution in [1.29, 1.82) is 0 Å². The van der Waals surface area contributed by atoms with Crippen LogP contribution in [0.2, 0.25) is 0 Å². The molecule has 0 radical (unpaired) electrons. The van der Waals surface area contributed by atoms with Crippen molar-refractivity contribution in [2.45, 2.75) is 25.8 Å². The van der Waals surface area contributed by atoms with Crippen molar-refractivity contribution in [2.75, 3.05) is 26.7 Å². The van der Waals surface area contributed by atoms with Gasteiger partial charge in [0.15, 0.2) is 0 Å². The monoisotopic (exact) mass is 262 g/mol. The molecule has 1 aliphatic heterocycles. The summed E-state index contributed by atoms with van der Waals surface area (Å²) in [5, 5.41) is 3.25. The number of amides is 1. The maximum absolute atomic E-state index is 12.6. The number of ether oxygens (including phenoxy) is 1. The van der Waals surface area contributed by atoms with E-state index in [1.165, 1.54) is 0 Å². The van der Waals surface area contributed by atoms with Crippen molar-refractivity contribution < 1.29 is 9.53 Å². The Balaban J connectivity index is 2.14. The Morgan fingerprint density at radius 1 is 1.47 bits per heavy atom. The van der Waals surface area contributed by atoms with Gasteiger partial charge in [0.05, 0.1) is 12.2 Å². The summed E-state index contributed by atoms with van der Waals surface area (Å²) in [6.07, 6.45) is 2.18. The number of para-hydroxylation sites is 1. The first-order valence-corrected chi connectivity index (χ1v) is 6.94. The van der Waals surface area contributed by atoms with Crippen LogP contribution in [0, 0.1) is 0 Å². The molecule has 4 nitrogen and oxygen atoms in total. The molecule has 104 valence electrons. The summed E-state index contributed by atoms with van der Waals surface area (Å²) in [7, 11) is 1.95. The van der Waals surface area contributed by atoms with Crippen LogP contribution in [0.3, 0.4) is 0 Å². The number of hydrogen-bond acceptors (Lipinski definition) is 3. The van der Waals surface area contributed by atoms with Gasteiger partial charge in [-0.05, 0) is 38.9 Å². The molecule has 1 fully saturated rings. The second-order valence-corrected chi connectivity index (χ2v) is 4.81. The summed E-state index contributed by atoms with van der Waals surface area (Å²) < 4.78 is 5.54. The highest BCUT2D eigenvalue weighted by Gasteiger charge is 2.25. The van der Waals surface area contributed by atoms with Crippen molar-refractivity contribution in [3.8, 4) is 5.75 Å². The Kier molecular flexibility index (Phi) is 4.80. The summed E-state index contributed by atoms with van der Waals surface area (Å²) in [4.78, 5) is 14.5. The number of piperidine rings is 1. The van der Waals surface area contributed by atoms with Crippen LogP contribution in [0.25, 0.3) is 0 Å². The molecule has 1 saturated heterocycles. The van der Waals surface area contributed by atoms with E-state index >= 15 is 0 Å². The largest absolute Gasteiger partial charge is 0.493 e. The van der Waals surface area contributed by atoms with Crippen LogP contribution in [0.15, 0.2) is 24.3 Å². The molecule has 1 aromatic carbocycles. The van der Waals surface area contributed by atoms with Crippen LogP contribution < -0.4 is 10.1 Å². The molecule has 2 rings (SSSR count). The van der Waals surface area contributed by atoms with Crippen LogP contribution in [-0.4, -0.2) is 43.6 Å². The Morgan fingerprint density at radius 3 is 3.00 bits per heavy atom. The molecule has 1 aromatic rings. The molecular weight excluding hydrogens is 240 g/mol. The fraction of sp³-hybridized carbons (Fsp3) is 0.533. The normalized spacial score (nSPS) is 19.3. The second-order valence-electron chi connectivity index (χ2n) is 4.81. The van der Waals surface area contributed by atoms with Gasteiger partial charge in [-0.3, -0.25) is 4.79 Å². The maximum atomic E-state index is 12.6. The molecule has 0 unspecified atom stereocenters. The zero-order valence-corrected chi connectivity index (χ0v) is 11.7. The van der Waals surface area contributed by atoms with Crippen molar-refractivity contribution in [3.05, 3.63) is 29.8 Å². The van der Waals surface area contributed by atoms with E-state index in [1.54, 1.807) is 0 Å². The zero-order valence-electron chi connectivity index (χ0n) is 11.7. The lowest BCUT2D eigenvalue weighted by Crippen LogP contribution is -2.47. The summed E-state index contributed by atoms with van der Waals surface area (Å²) >= 11 is 0. The maximum Gasteiger partial charge on any atom is 0.257 e. The number of carbonyl (C=O) groups is 1. The van der Waals surface area contributed by atoms with Gasteiger partial charge in [-0.2, -0.15) is 0 Å². The second kappa shape index (κ2) is 6.57. The molecule has 0 spiro atoms. The fourth-order valence-electron chi connectivity index (χ4n) is 2.49. The molecule has 0 bridgehead atoms. The van der Waals surface area contributed by atoms with Crippen molar-refractivity contribution in [1.82, 2.24) is 10.2 Å². The molecule has 1 atom stereocenters. The predicted octanol–water partition coefficient (Wildman–Crippen LogP) is 1.91. The smallest absolute Gasteiger partial charge is 0.257 e. The van der Waals surface area contributed by atoms with Gasteiger partial charge in [0.2, 0.25) is 0 Å². The predicted molar refractivity (Wildman–Crippen MR) is 75.6 cm³/mol. The fourth-order valence-corrected chi connectivity index (χ4v) is 2.49. The van der Waals surface area contributed by atoms with E-state index in [2.05, 4.69) is 5.32 Å². The Morgan fingerprint density at radius 2 is 2.26 bits per heavy atom. The van der Waals surface area contributed by atoms with Crippen molar-refractivity contribution >= 4 is 5.91 Å². The van der Waals surface area contributed by atoms with Crippen LogP contribution in [0.1, 0.15) is 30.1 Å². The van der Waals surface area contributed by atoms with Gasteiger partial charge in [-0.15, -0.1) is 0 Å². The van der Waals surface area contributed by atoms with Crippen LogP contribution in [0.4, 0.5) is 0 Å². The lowest BCUT2D eigenvalue weighted by atomic mass is 10.0. The third kappa shape index (κ3) is 3.26. The highest BCUT2D eigenvalue weighted by molar-refractivity contribution is 5.97. The van der Waals surface area contributed by atoms with Gasteiger partial charge >= 0.3 is 0 Å². The Bertz CT molecular complexity index is 434. The van der Waals surface area contributed by atoms with E-state index in [9.17, 15) is 4.79 Å². The Labute approximate surface area is 114 Å². The first-order valence-electron chi connectivity index (χ1n) is 6.94. The minimum absolute atomic E-state index is 0.0731. The van der Waals surface area contributed by atoms with E-state index in [4.69, 9.17) is 4.74 Å². The van der Waals surface area contributed by atoms with Crippen LogP contribution in [0.5, 0.6) is 5.75 Å². The van der Waals surface area contributed by atoms with Gasteiger partial charge in [-0.25, -0.2) is 0 Å². The number of nitrogens with one attached hydrogen (secondary N) is 1. The minimum atomic E-state index is 0.0731. The lowest BCUT2D eigenvalue weighted by molar-refractivity contribution is 0.0694. The SMILES string of the molecule is CCOc1ccccc1C(=O)N1CCC[C@@H](NC)C1. The number of rotatable bonds is 4. The summed E-state index contributed by atoms with van der Waals surface area (Å²) in [6, 6.07) is 7.88.